The summed E-state index contributed by atoms with van der Waals surface area (Å²) in [6, 6.07) is 23.3. The molecule has 0 fully saturated rings. The van der Waals surface area contributed by atoms with Gasteiger partial charge in [0.05, 0.1) is 11.9 Å². The first-order valence-electron chi connectivity index (χ1n) is 13.7. The van der Waals surface area contributed by atoms with Gasteiger partial charge in [0.25, 0.3) is 0 Å². The van der Waals surface area contributed by atoms with Crippen LogP contribution >= 0.6 is 0 Å². The van der Waals surface area contributed by atoms with Crippen molar-refractivity contribution in [3.05, 3.63) is 90.0 Å². The molecule has 1 aliphatic rings. The highest BCUT2D eigenvalue weighted by Gasteiger charge is 2.31. The number of fused-ring (bicyclic) bond motifs is 1. The summed E-state index contributed by atoms with van der Waals surface area (Å²) < 4.78 is 37.4. The van der Waals surface area contributed by atoms with Gasteiger partial charge in [0.1, 0.15) is 6.04 Å². The van der Waals surface area contributed by atoms with E-state index < -0.39 is 16.1 Å². The van der Waals surface area contributed by atoms with Crippen LogP contribution in [0.15, 0.2) is 78.9 Å². The van der Waals surface area contributed by atoms with E-state index in [4.69, 9.17) is 9.47 Å². The maximum absolute atomic E-state index is 13.8. The van der Waals surface area contributed by atoms with Crippen molar-refractivity contribution >= 4 is 27.5 Å². The van der Waals surface area contributed by atoms with Gasteiger partial charge in [-0.1, -0.05) is 60.7 Å². The first-order chi connectivity index (χ1) is 19.6. The molecule has 0 spiro atoms. The quantitative estimate of drug-likeness (QED) is 0.327. The molecule has 9 nitrogen and oxygen atoms in total. The van der Waals surface area contributed by atoms with Gasteiger partial charge >= 0.3 is 0 Å². The molecule has 1 N–H and O–H groups in total. The molecule has 3 aromatic carbocycles. The molecule has 1 atom stereocenters. The summed E-state index contributed by atoms with van der Waals surface area (Å²) in [5.74, 6) is 0.568. The van der Waals surface area contributed by atoms with Gasteiger partial charge in [0, 0.05) is 38.0 Å². The molecule has 218 valence electrons. The summed E-state index contributed by atoms with van der Waals surface area (Å²) in [5, 5.41) is 2.98. The van der Waals surface area contributed by atoms with Crippen LogP contribution in [0.3, 0.4) is 0 Å². The van der Waals surface area contributed by atoms with Crippen molar-refractivity contribution < 1.29 is 27.5 Å². The lowest BCUT2D eigenvalue weighted by Crippen LogP contribution is -2.51. The topological polar surface area (TPSA) is 105 Å². The van der Waals surface area contributed by atoms with E-state index in [1.165, 1.54) is 4.31 Å². The standard InChI is InChI=1S/C31H37N3O6S/c1-23(2)32-31(36)27(19-24-11-6-4-7-12-24)33(21-25-13-8-5-9-14-25)30(35)15-10-18-34(41(3,37)38)26-16-17-28-29(20-26)40-22-39-28/h4-9,11-14,16-17,20,23,27H,10,15,18-19,21-22H2,1-3H3,(H,32,36). The van der Waals surface area contributed by atoms with Gasteiger partial charge < -0.3 is 19.7 Å². The Hall–Kier alpha value is -4.05. The minimum Gasteiger partial charge on any atom is -0.454 e. The predicted molar refractivity (Wildman–Crippen MR) is 158 cm³/mol. The van der Waals surface area contributed by atoms with Gasteiger partial charge in [0.2, 0.25) is 28.6 Å². The Bertz CT molecular complexity index is 1430. The number of rotatable bonds is 13. The van der Waals surface area contributed by atoms with Crippen molar-refractivity contribution in [1.82, 2.24) is 10.2 Å². The molecule has 10 heteroatoms. The highest BCUT2D eigenvalue weighted by Crippen LogP contribution is 2.36. The van der Waals surface area contributed by atoms with Gasteiger partial charge in [0.15, 0.2) is 11.5 Å². The number of carbonyl (C=O) groups is 2. The van der Waals surface area contributed by atoms with Crippen molar-refractivity contribution in [2.24, 2.45) is 0 Å². The first kappa shape index (κ1) is 29.9. The summed E-state index contributed by atoms with van der Waals surface area (Å²) in [6.07, 6.45) is 1.80. The van der Waals surface area contributed by atoms with Crippen molar-refractivity contribution in [2.45, 2.75) is 51.7 Å². The fraction of sp³-hybridized carbons (Fsp3) is 0.355. The Balaban J connectivity index is 1.55. The number of benzene rings is 3. The number of ether oxygens (including phenoxy) is 2. The molecule has 0 saturated heterocycles. The minimum absolute atomic E-state index is 0.0592. The summed E-state index contributed by atoms with van der Waals surface area (Å²) in [5.41, 5.74) is 2.27. The summed E-state index contributed by atoms with van der Waals surface area (Å²) in [6.45, 7) is 4.19. The second kappa shape index (κ2) is 13.5. The molecule has 0 saturated carbocycles. The molecular weight excluding hydrogens is 542 g/mol. The van der Waals surface area contributed by atoms with E-state index in [-0.39, 0.29) is 50.6 Å². The SMILES string of the molecule is CC(C)NC(=O)C(Cc1ccccc1)N(Cc1ccccc1)C(=O)CCCN(c1ccc2c(c1)OCO2)S(C)(=O)=O. The van der Waals surface area contributed by atoms with E-state index in [1.54, 1.807) is 23.1 Å². The van der Waals surface area contributed by atoms with Crippen molar-refractivity contribution in [3.8, 4) is 11.5 Å². The van der Waals surface area contributed by atoms with E-state index in [0.717, 1.165) is 17.4 Å². The van der Waals surface area contributed by atoms with Crippen LogP contribution in [0.5, 0.6) is 11.5 Å². The van der Waals surface area contributed by atoms with E-state index in [2.05, 4.69) is 5.32 Å². The molecule has 41 heavy (non-hydrogen) atoms. The fourth-order valence-corrected chi connectivity index (χ4v) is 5.72. The number of hydrogen-bond acceptors (Lipinski definition) is 6. The predicted octanol–water partition coefficient (Wildman–Crippen LogP) is 4.13. The van der Waals surface area contributed by atoms with Crippen molar-refractivity contribution in [2.75, 3.05) is 23.9 Å². The third-order valence-electron chi connectivity index (χ3n) is 6.69. The Morgan fingerprint density at radius 1 is 0.902 bits per heavy atom. The lowest BCUT2D eigenvalue weighted by atomic mass is 10.0. The van der Waals surface area contributed by atoms with Gasteiger partial charge in [-0.05, 0) is 43.5 Å². The third kappa shape index (κ3) is 8.23. The van der Waals surface area contributed by atoms with Crippen LogP contribution in [-0.2, 0) is 32.6 Å². The van der Waals surface area contributed by atoms with E-state index in [0.29, 0.717) is 23.6 Å². The molecule has 1 heterocycles. The number of hydrogen-bond donors (Lipinski definition) is 1. The monoisotopic (exact) mass is 579 g/mol. The van der Waals surface area contributed by atoms with Crippen molar-refractivity contribution in [1.29, 1.82) is 0 Å². The molecule has 4 rings (SSSR count). The molecule has 1 aliphatic heterocycles. The summed E-state index contributed by atoms with van der Waals surface area (Å²) in [7, 11) is -3.64. The van der Waals surface area contributed by atoms with Crippen LogP contribution in [0.4, 0.5) is 5.69 Å². The van der Waals surface area contributed by atoms with Gasteiger partial charge in [-0.2, -0.15) is 0 Å². The third-order valence-corrected chi connectivity index (χ3v) is 7.89. The summed E-state index contributed by atoms with van der Waals surface area (Å²) >= 11 is 0. The maximum Gasteiger partial charge on any atom is 0.243 e. The maximum atomic E-state index is 13.8. The molecule has 1 unspecified atom stereocenters. The van der Waals surface area contributed by atoms with Crippen LogP contribution in [-0.4, -0.2) is 56.8 Å². The highest BCUT2D eigenvalue weighted by atomic mass is 32.2. The average molecular weight is 580 g/mol. The minimum atomic E-state index is -3.64. The van der Waals surface area contributed by atoms with Gasteiger partial charge in [-0.15, -0.1) is 0 Å². The number of anilines is 1. The molecule has 2 amide bonds. The zero-order valence-electron chi connectivity index (χ0n) is 23.7. The molecule has 0 aromatic heterocycles. The zero-order valence-corrected chi connectivity index (χ0v) is 24.5. The number of amides is 2. The number of nitrogens with zero attached hydrogens (tertiary/aromatic N) is 2. The molecule has 3 aromatic rings. The average Bonchev–Trinajstić information content (AvgIpc) is 3.41. The Labute approximate surface area is 242 Å². The molecular formula is C31H37N3O6S. The van der Waals surface area contributed by atoms with Gasteiger partial charge in [-0.25, -0.2) is 8.42 Å². The second-order valence-corrected chi connectivity index (χ2v) is 12.3. The van der Waals surface area contributed by atoms with Gasteiger partial charge in [-0.3, -0.25) is 13.9 Å². The largest absolute Gasteiger partial charge is 0.454 e. The Morgan fingerprint density at radius 3 is 2.17 bits per heavy atom. The van der Waals surface area contributed by atoms with Crippen LogP contribution in [0.1, 0.15) is 37.8 Å². The van der Waals surface area contributed by atoms with Crippen LogP contribution in [0.2, 0.25) is 0 Å². The Morgan fingerprint density at radius 2 is 1.54 bits per heavy atom. The van der Waals surface area contributed by atoms with Crippen LogP contribution < -0.4 is 19.1 Å². The summed E-state index contributed by atoms with van der Waals surface area (Å²) in [4.78, 5) is 28.9. The number of sulfonamides is 1. The number of nitrogens with one attached hydrogen (secondary N) is 1. The van der Waals surface area contributed by atoms with Crippen molar-refractivity contribution in [3.63, 3.8) is 0 Å². The van der Waals surface area contributed by atoms with Crippen LogP contribution in [0, 0.1) is 0 Å². The first-order valence-corrected chi connectivity index (χ1v) is 15.5. The van der Waals surface area contributed by atoms with E-state index in [1.807, 2.05) is 74.5 Å². The number of carbonyl (C=O) groups excluding carboxylic acids is 2. The van der Waals surface area contributed by atoms with E-state index >= 15 is 0 Å². The lowest BCUT2D eigenvalue weighted by Gasteiger charge is -2.32. The highest BCUT2D eigenvalue weighted by molar-refractivity contribution is 7.92. The molecule has 0 bridgehead atoms. The zero-order chi connectivity index (χ0) is 29.4. The molecule has 0 aliphatic carbocycles. The van der Waals surface area contributed by atoms with Crippen LogP contribution in [0.25, 0.3) is 0 Å². The lowest BCUT2D eigenvalue weighted by molar-refractivity contribution is -0.141. The smallest absolute Gasteiger partial charge is 0.243 e. The second-order valence-electron chi connectivity index (χ2n) is 10.4. The normalized spacial score (nSPS) is 13.1. The molecule has 0 radical (unpaired) electrons. The van der Waals surface area contributed by atoms with E-state index in [9.17, 15) is 18.0 Å². The fourth-order valence-electron chi connectivity index (χ4n) is 4.76. The Kier molecular flexibility index (Phi) is 9.88.